The van der Waals surface area contributed by atoms with E-state index in [1.807, 2.05) is 0 Å². The number of methoxy groups -OCH3 is 1. The van der Waals surface area contributed by atoms with Gasteiger partial charge in [-0.3, -0.25) is 0 Å². The van der Waals surface area contributed by atoms with E-state index in [-0.39, 0.29) is 30.3 Å². The van der Waals surface area contributed by atoms with Gasteiger partial charge in [0.25, 0.3) is 0 Å². The highest BCUT2D eigenvalue weighted by Gasteiger charge is 2.27. The molecule has 1 aliphatic heterocycles. The summed E-state index contributed by atoms with van der Waals surface area (Å²) >= 11 is 0. The van der Waals surface area contributed by atoms with Gasteiger partial charge < -0.3 is 19.3 Å². The number of ether oxygens (including phenoxy) is 3. The number of benzene rings is 1. The Morgan fingerprint density at radius 1 is 1.65 bits per heavy atom. The number of carbonyl (C=O) groups is 1. The van der Waals surface area contributed by atoms with Crippen LogP contribution in [0.5, 0.6) is 11.5 Å². The zero-order chi connectivity index (χ0) is 12.4. The van der Waals surface area contributed by atoms with E-state index in [1.165, 1.54) is 7.11 Å². The molecule has 1 aliphatic rings. The van der Waals surface area contributed by atoms with Gasteiger partial charge in [-0.25, -0.2) is 9.18 Å². The Bertz CT molecular complexity index is 446. The van der Waals surface area contributed by atoms with Crippen molar-refractivity contribution in [2.45, 2.75) is 6.10 Å². The number of fused-ring (bicyclic) bond motifs is 1. The minimum atomic E-state index is -0.702. The Labute approximate surface area is 96.7 Å². The third kappa shape index (κ3) is 2.16. The third-order valence-corrected chi connectivity index (χ3v) is 2.34. The lowest BCUT2D eigenvalue weighted by Gasteiger charge is -2.26. The number of esters is 1. The van der Waals surface area contributed by atoms with Gasteiger partial charge in [-0.1, -0.05) is 0 Å². The molecule has 0 spiro atoms. The molecule has 0 fully saturated rings. The molecule has 1 N–H and O–H groups in total. The third-order valence-electron chi connectivity index (χ3n) is 2.34. The van der Waals surface area contributed by atoms with Crippen molar-refractivity contribution in [3.8, 4) is 11.5 Å². The van der Waals surface area contributed by atoms with E-state index in [2.05, 4.69) is 4.74 Å². The molecule has 1 atom stereocenters. The standard InChI is InChI=1S/C11H11FO5/c1-15-11(14)8-2-6(12)3-9-10(8)16-5-7(4-13)17-9/h2-3,7,13H,4-5H2,1H3. The summed E-state index contributed by atoms with van der Waals surface area (Å²) in [5, 5.41) is 8.92. The second-order valence-corrected chi connectivity index (χ2v) is 3.51. The predicted molar refractivity (Wildman–Crippen MR) is 54.7 cm³/mol. The average Bonchev–Trinajstić information content (AvgIpc) is 2.35. The van der Waals surface area contributed by atoms with Crippen molar-refractivity contribution in [2.24, 2.45) is 0 Å². The van der Waals surface area contributed by atoms with Crippen LogP contribution < -0.4 is 9.47 Å². The molecule has 0 aromatic heterocycles. The quantitative estimate of drug-likeness (QED) is 0.775. The van der Waals surface area contributed by atoms with Crippen LogP contribution in [0.2, 0.25) is 0 Å². The summed E-state index contributed by atoms with van der Waals surface area (Å²) in [5.41, 5.74) is -0.0288. The minimum Gasteiger partial charge on any atom is -0.485 e. The molecule has 0 bridgehead atoms. The van der Waals surface area contributed by atoms with Crippen molar-refractivity contribution in [1.82, 2.24) is 0 Å². The Morgan fingerprint density at radius 2 is 2.41 bits per heavy atom. The lowest BCUT2D eigenvalue weighted by Crippen LogP contribution is -2.33. The van der Waals surface area contributed by atoms with Crippen molar-refractivity contribution in [3.63, 3.8) is 0 Å². The Kier molecular flexibility index (Phi) is 3.14. The summed E-state index contributed by atoms with van der Waals surface area (Å²) < 4.78 is 28.4. The van der Waals surface area contributed by atoms with Crippen molar-refractivity contribution < 1.29 is 28.5 Å². The number of aliphatic hydroxyl groups excluding tert-OH is 1. The number of rotatable bonds is 2. The summed E-state index contributed by atoms with van der Waals surface area (Å²) in [4.78, 5) is 11.4. The van der Waals surface area contributed by atoms with Gasteiger partial charge in [0, 0.05) is 6.07 Å². The highest BCUT2D eigenvalue weighted by Crippen LogP contribution is 2.36. The van der Waals surface area contributed by atoms with Crippen LogP contribution in [0.3, 0.4) is 0 Å². The molecule has 0 radical (unpaired) electrons. The molecule has 1 aromatic carbocycles. The van der Waals surface area contributed by atoms with Gasteiger partial charge in [-0.2, -0.15) is 0 Å². The molecule has 6 heteroatoms. The average molecular weight is 242 g/mol. The van der Waals surface area contributed by atoms with Crippen molar-refractivity contribution in [1.29, 1.82) is 0 Å². The molecule has 2 rings (SSSR count). The fourth-order valence-corrected chi connectivity index (χ4v) is 1.55. The maximum atomic E-state index is 13.3. The summed E-state index contributed by atoms with van der Waals surface area (Å²) in [6, 6.07) is 2.12. The molecule has 17 heavy (non-hydrogen) atoms. The smallest absolute Gasteiger partial charge is 0.341 e. The maximum Gasteiger partial charge on any atom is 0.341 e. The van der Waals surface area contributed by atoms with Crippen LogP contribution in [0.15, 0.2) is 12.1 Å². The first-order valence-corrected chi connectivity index (χ1v) is 4.98. The second-order valence-electron chi connectivity index (χ2n) is 3.51. The van der Waals surface area contributed by atoms with Crippen molar-refractivity contribution in [3.05, 3.63) is 23.5 Å². The van der Waals surface area contributed by atoms with E-state index in [1.54, 1.807) is 0 Å². The van der Waals surface area contributed by atoms with Gasteiger partial charge in [0.15, 0.2) is 17.6 Å². The summed E-state index contributed by atoms with van der Waals surface area (Å²) in [6.45, 7) is -0.150. The fourth-order valence-electron chi connectivity index (χ4n) is 1.55. The number of hydrogen-bond acceptors (Lipinski definition) is 5. The largest absolute Gasteiger partial charge is 0.485 e. The zero-order valence-electron chi connectivity index (χ0n) is 9.10. The van der Waals surface area contributed by atoms with Gasteiger partial charge in [0.1, 0.15) is 18.0 Å². The van der Waals surface area contributed by atoms with Gasteiger partial charge in [0.2, 0.25) is 0 Å². The summed E-state index contributed by atoms with van der Waals surface area (Å²) in [6.07, 6.45) is -0.560. The van der Waals surface area contributed by atoms with Gasteiger partial charge in [-0.15, -0.1) is 0 Å². The van der Waals surface area contributed by atoms with Crippen LogP contribution in [0.25, 0.3) is 0 Å². The van der Waals surface area contributed by atoms with E-state index >= 15 is 0 Å². The summed E-state index contributed by atoms with van der Waals surface area (Å²) in [7, 11) is 1.19. The van der Waals surface area contributed by atoms with Crippen LogP contribution in [0.4, 0.5) is 4.39 Å². The second kappa shape index (κ2) is 4.58. The first kappa shape index (κ1) is 11.7. The van der Waals surface area contributed by atoms with E-state index < -0.39 is 17.9 Å². The number of hydrogen-bond donors (Lipinski definition) is 1. The molecule has 0 amide bonds. The predicted octanol–water partition coefficient (Wildman–Crippen LogP) is 0.744. The normalized spacial score (nSPS) is 17.7. The Hall–Kier alpha value is -1.82. The monoisotopic (exact) mass is 242 g/mol. The minimum absolute atomic E-state index is 0.0288. The van der Waals surface area contributed by atoms with E-state index in [9.17, 15) is 9.18 Å². The van der Waals surface area contributed by atoms with Gasteiger partial charge in [-0.05, 0) is 6.07 Å². The molecule has 1 unspecified atom stereocenters. The molecule has 0 aliphatic carbocycles. The van der Waals surface area contributed by atoms with Crippen LogP contribution in [0.1, 0.15) is 10.4 Å². The Balaban J connectivity index is 2.43. The van der Waals surface area contributed by atoms with E-state index in [0.29, 0.717) is 0 Å². The number of halogens is 1. The van der Waals surface area contributed by atoms with Crippen molar-refractivity contribution >= 4 is 5.97 Å². The van der Waals surface area contributed by atoms with Crippen molar-refractivity contribution in [2.75, 3.05) is 20.3 Å². The first-order chi connectivity index (χ1) is 8.15. The molecular formula is C11H11FO5. The van der Waals surface area contributed by atoms with E-state index in [4.69, 9.17) is 14.6 Å². The highest BCUT2D eigenvalue weighted by molar-refractivity contribution is 5.93. The number of carbonyl (C=O) groups excluding carboxylic acids is 1. The molecule has 0 saturated carbocycles. The Morgan fingerprint density at radius 3 is 3.06 bits per heavy atom. The van der Waals surface area contributed by atoms with Gasteiger partial charge in [0.05, 0.1) is 13.7 Å². The summed E-state index contributed by atoms with van der Waals surface area (Å²) in [5.74, 6) is -1.10. The molecule has 5 nitrogen and oxygen atoms in total. The molecule has 92 valence electrons. The molecule has 1 heterocycles. The maximum absolute atomic E-state index is 13.3. The molecular weight excluding hydrogens is 231 g/mol. The van der Waals surface area contributed by atoms with Crippen LogP contribution in [0, 0.1) is 5.82 Å². The first-order valence-electron chi connectivity index (χ1n) is 4.98. The lowest BCUT2D eigenvalue weighted by atomic mass is 10.1. The molecule has 0 saturated heterocycles. The van der Waals surface area contributed by atoms with E-state index in [0.717, 1.165) is 12.1 Å². The fraction of sp³-hybridized carbons (Fsp3) is 0.364. The van der Waals surface area contributed by atoms with Crippen LogP contribution in [-0.4, -0.2) is 37.5 Å². The zero-order valence-corrected chi connectivity index (χ0v) is 9.10. The van der Waals surface area contributed by atoms with Crippen LogP contribution >= 0.6 is 0 Å². The highest BCUT2D eigenvalue weighted by atomic mass is 19.1. The SMILES string of the molecule is COC(=O)c1cc(F)cc2c1OCC(CO)O2. The lowest BCUT2D eigenvalue weighted by molar-refractivity contribution is 0.0415. The topological polar surface area (TPSA) is 65.0 Å². The van der Waals surface area contributed by atoms with Gasteiger partial charge >= 0.3 is 5.97 Å². The number of aliphatic hydroxyl groups is 1. The molecule has 1 aromatic rings. The van der Waals surface area contributed by atoms with Crippen LogP contribution in [-0.2, 0) is 4.74 Å².